The lowest BCUT2D eigenvalue weighted by molar-refractivity contribution is 0.136. The zero-order valence-corrected chi connectivity index (χ0v) is 14.3. The number of nitrogens with one attached hydrogen (secondary N) is 1. The molecule has 3 atom stereocenters. The monoisotopic (exact) mass is 323 g/mol. The maximum absolute atomic E-state index is 12.3. The van der Waals surface area contributed by atoms with E-state index in [2.05, 4.69) is 13.8 Å². The van der Waals surface area contributed by atoms with Crippen LogP contribution in [0.4, 0.5) is 0 Å². The topological polar surface area (TPSA) is 59.4 Å². The molecule has 3 rings (SSSR count). The van der Waals surface area contributed by atoms with Crippen LogP contribution in [0.5, 0.6) is 5.75 Å². The van der Waals surface area contributed by atoms with Gasteiger partial charge in [-0.15, -0.1) is 0 Å². The van der Waals surface area contributed by atoms with Crippen LogP contribution in [0, 0.1) is 28.5 Å². The van der Waals surface area contributed by atoms with Gasteiger partial charge in [0, 0.05) is 12.2 Å². The highest BCUT2D eigenvalue weighted by molar-refractivity contribution is 7.91. The first-order chi connectivity index (χ1) is 10.4. The van der Waals surface area contributed by atoms with E-state index in [0.717, 1.165) is 25.2 Å². The van der Waals surface area contributed by atoms with E-state index in [1.54, 1.807) is 0 Å². The summed E-state index contributed by atoms with van der Waals surface area (Å²) in [5.41, 5.74) is 1.12. The van der Waals surface area contributed by atoms with Crippen molar-refractivity contribution in [3.8, 4) is 5.75 Å². The Kier molecular flexibility index (Phi) is 4.21. The Hall–Kier alpha value is -1.07. The van der Waals surface area contributed by atoms with E-state index < -0.39 is 9.73 Å². The van der Waals surface area contributed by atoms with Gasteiger partial charge in [0.15, 0.2) is 0 Å². The standard InChI is InChI=1S/C17H25NO3S/c1-11(2)6-12-4-5-16(17(7-12)22(3,18)19)21-10-15-13-8-20-9-14(13)15/h4-5,7,11,13-15,18H,6,8-10H2,1-3H3. The molecule has 0 aromatic heterocycles. The lowest BCUT2D eigenvalue weighted by Gasteiger charge is -2.15. The van der Waals surface area contributed by atoms with Crippen LogP contribution >= 0.6 is 0 Å². The zero-order chi connectivity index (χ0) is 15.9. The minimum absolute atomic E-state index is 0.532. The molecule has 5 heteroatoms. The molecule has 1 aromatic rings. The molecule has 1 saturated heterocycles. The molecule has 0 bridgehead atoms. The fraction of sp³-hybridized carbons (Fsp3) is 0.647. The summed E-state index contributed by atoms with van der Waals surface area (Å²) in [4.78, 5) is 0.535. The van der Waals surface area contributed by atoms with Gasteiger partial charge in [0.25, 0.3) is 0 Å². The van der Waals surface area contributed by atoms with Crippen LogP contribution in [0.15, 0.2) is 23.1 Å². The van der Waals surface area contributed by atoms with Crippen molar-refractivity contribution in [2.24, 2.45) is 23.7 Å². The number of benzene rings is 1. The van der Waals surface area contributed by atoms with Gasteiger partial charge in [-0.3, -0.25) is 0 Å². The molecule has 122 valence electrons. The molecule has 0 spiro atoms. The summed E-state index contributed by atoms with van der Waals surface area (Å²) in [5, 5.41) is 0. The molecule has 1 saturated carbocycles. The molecule has 1 aliphatic carbocycles. The molecule has 0 amide bonds. The largest absolute Gasteiger partial charge is 0.492 e. The van der Waals surface area contributed by atoms with E-state index in [0.29, 0.717) is 40.9 Å². The van der Waals surface area contributed by atoms with Crippen molar-refractivity contribution < 1.29 is 13.7 Å². The van der Waals surface area contributed by atoms with E-state index in [-0.39, 0.29) is 0 Å². The molecule has 1 heterocycles. The van der Waals surface area contributed by atoms with Crippen LogP contribution in [0.2, 0.25) is 0 Å². The summed E-state index contributed by atoms with van der Waals surface area (Å²) in [6.07, 6.45) is 2.39. The van der Waals surface area contributed by atoms with Crippen molar-refractivity contribution in [3.05, 3.63) is 23.8 Å². The van der Waals surface area contributed by atoms with Crippen LogP contribution in [0.1, 0.15) is 19.4 Å². The van der Waals surface area contributed by atoms with Gasteiger partial charge >= 0.3 is 0 Å². The minimum atomic E-state index is -2.79. The summed E-state index contributed by atoms with van der Waals surface area (Å²) in [6.45, 7) is 6.65. The van der Waals surface area contributed by atoms with Crippen molar-refractivity contribution in [1.82, 2.24) is 0 Å². The van der Waals surface area contributed by atoms with Gasteiger partial charge in [-0.25, -0.2) is 8.99 Å². The zero-order valence-electron chi connectivity index (χ0n) is 13.5. The molecule has 2 fully saturated rings. The summed E-state index contributed by atoms with van der Waals surface area (Å²) < 4.78 is 31.5. The van der Waals surface area contributed by atoms with Crippen LogP contribution < -0.4 is 4.74 Å². The SMILES string of the molecule is CC(C)Cc1ccc(OCC2C3COCC32)c(S(C)(=N)=O)c1. The van der Waals surface area contributed by atoms with Gasteiger partial charge < -0.3 is 9.47 Å². The van der Waals surface area contributed by atoms with E-state index in [1.165, 1.54) is 6.26 Å². The third-order valence-electron chi connectivity index (χ3n) is 4.63. The van der Waals surface area contributed by atoms with Crippen LogP contribution in [-0.2, 0) is 20.9 Å². The van der Waals surface area contributed by atoms with Gasteiger partial charge in [-0.2, -0.15) is 0 Å². The number of hydrogen-bond donors (Lipinski definition) is 1. The molecule has 2 aliphatic rings. The second-order valence-electron chi connectivity index (χ2n) is 7.06. The molecule has 4 nitrogen and oxygen atoms in total. The van der Waals surface area contributed by atoms with E-state index in [9.17, 15) is 4.21 Å². The summed E-state index contributed by atoms with van der Waals surface area (Å²) >= 11 is 0. The van der Waals surface area contributed by atoms with Gasteiger partial charge in [0.05, 0.1) is 34.4 Å². The second-order valence-corrected chi connectivity index (χ2v) is 9.19. The number of hydrogen-bond acceptors (Lipinski definition) is 4. The number of rotatable bonds is 6. The molecule has 3 unspecified atom stereocenters. The first-order valence-corrected chi connectivity index (χ1v) is 9.90. The molecule has 1 N–H and O–H groups in total. The molecule has 1 aliphatic heterocycles. The molecular weight excluding hydrogens is 298 g/mol. The van der Waals surface area contributed by atoms with E-state index >= 15 is 0 Å². The van der Waals surface area contributed by atoms with Crippen molar-refractivity contribution in [2.45, 2.75) is 25.2 Å². The number of fused-ring (bicyclic) bond motifs is 1. The Morgan fingerprint density at radius 3 is 2.64 bits per heavy atom. The van der Waals surface area contributed by atoms with Gasteiger partial charge in [0.2, 0.25) is 0 Å². The first-order valence-electron chi connectivity index (χ1n) is 7.93. The average Bonchev–Trinajstić information content (AvgIpc) is 2.85. The molecule has 0 radical (unpaired) electrons. The fourth-order valence-electron chi connectivity index (χ4n) is 3.37. The van der Waals surface area contributed by atoms with Gasteiger partial charge in [0.1, 0.15) is 5.75 Å². The maximum atomic E-state index is 12.3. The fourth-order valence-corrected chi connectivity index (χ4v) is 4.25. The van der Waals surface area contributed by atoms with Gasteiger partial charge in [-0.05, 0) is 41.9 Å². The van der Waals surface area contributed by atoms with Crippen LogP contribution in [0.3, 0.4) is 0 Å². The third kappa shape index (κ3) is 3.30. The molecule has 22 heavy (non-hydrogen) atoms. The maximum Gasteiger partial charge on any atom is 0.136 e. The van der Waals surface area contributed by atoms with Crippen LogP contribution in [0.25, 0.3) is 0 Å². The smallest absolute Gasteiger partial charge is 0.136 e. The van der Waals surface area contributed by atoms with E-state index in [1.807, 2.05) is 18.2 Å². The Morgan fingerprint density at radius 1 is 1.36 bits per heavy atom. The van der Waals surface area contributed by atoms with Crippen molar-refractivity contribution >= 4 is 9.73 Å². The van der Waals surface area contributed by atoms with E-state index in [4.69, 9.17) is 14.3 Å². The van der Waals surface area contributed by atoms with Gasteiger partial charge in [-0.1, -0.05) is 19.9 Å². The summed E-state index contributed by atoms with van der Waals surface area (Å²) in [6, 6.07) is 5.81. The van der Waals surface area contributed by atoms with Crippen molar-refractivity contribution in [3.63, 3.8) is 0 Å². The van der Waals surface area contributed by atoms with Crippen LogP contribution in [-0.4, -0.2) is 30.3 Å². The highest BCUT2D eigenvalue weighted by atomic mass is 32.2. The Labute approximate surface area is 133 Å². The average molecular weight is 323 g/mol. The predicted molar refractivity (Wildman–Crippen MR) is 86.8 cm³/mol. The lowest BCUT2D eigenvalue weighted by Crippen LogP contribution is -2.10. The highest BCUT2D eigenvalue weighted by Crippen LogP contribution is 2.50. The third-order valence-corrected chi connectivity index (χ3v) is 5.79. The summed E-state index contributed by atoms with van der Waals surface area (Å²) in [5.74, 6) is 3.00. The minimum Gasteiger partial charge on any atom is -0.492 e. The predicted octanol–water partition coefficient (Wildman–Crippen LogP) is 3.19. The second kappa shape index (κ2) is 5.85. The quantitative estimate of drug-likeness (QED) is 0.874. The van der Waals surface area contributed by atoms with Crippen molar-refractivity contribution in [2.75, 3.05) is 26.1 Å². The Bertz CT molecular complexity index is 644. The summed E-state index contributed by atoms with van der Waals surface area (Å²) in [7, 11) is -2.79. The van der Waals surface area contributed by atoms with Crippen molar-refractivity contribution in [1.29, 1.82) is 4.78 Å². The molecule has 1 aromatic carbocycles. The highest BCUT2D eigenvalue weighted by Gasteiger charge is 2.54. The first kappa shape index (κ1) is 15.8. The number of ether oxygens (including phenoxy) is 2. The Balaban J connectivity index is 1.74. The lowest BCUT2D eigenvalue weighted by atomic mass is 10.0. The molecular formula is C17H25NO3S. The normalized spacial score (nSPS) is 29.2. The Morgan fingerprint density at radius 2 is 2.05 bits per heavy atom.